The minimum atomic E-state index is -0.807. The number of nitrogens with zero attached hydrogens (tertiary/aromatic N) is 2. The molecule has 1 fully saturated rings. The summed E-state index contributed by atoms with van der Waals surface area (Å²) in [6, 6.07) is -0.611. The molecule has 9 heteroatoms. The standard InChI is InChI=1S/C10H12N4O5/c1-5(15)13-4-8(17)14(10(13)19)3-7(16)12-6-2-11-9(6)18/h4,6,17H,2-3H2,1H3,(H,11,18)(H,12,16). The summed E-state index contributed by atoms with van der Waals surface area (Å²) in [4.78, 5) is 45.3. The van der Waals surface area contributed by atoms with Crippen LogP contribution in [-0.4, -0.2) is 44.5 Å². The van der Waals surface area contributed by atoms with Crippen molar-refractivity contribution >= 4 is 17.7 Å². The van der Waals surface area contributed by atoms with E-state index in [9.17, 15) is 24.3 Å². The van der Waals surface area contributed by atoms with Gasteiger partial charge in [-0.25, -0.2) is 9.36 Å². The molecule has 1 aliphatic heterocycles. The summed E-state index contributed by atoms with van der Waals surface area (Å²) in [6.07, 6.45) is 0.938. The lowest BCUT2D eigenvalue weighted by Crippen LogP contribution is -2.62. The van der Waals surface area contributed by atoms with Gasteiger partial charge in [0.15, 0.2) is 0 Å². The summed E-state index contributed by atoms with van der Waals surface area (Å²) >= 11 is 0. The molecule has 0 aromatic carbocycles. The smallest absolute Gasteiger partial charge is 0.338 e. The molecule has 0 spiro atoms. The van der Waals surface area contributed by atoms with Crippen molar-refractivity contribution in [3.05, 3.63) is 16.7 Å². The van der Waals surface area contributed by atoms with Gasteiger partial charge >= 0.3 is 5.69 Å². The van der Waals surface area contributed by atoms with Crippen molar-refractivity contribution in [3.63, 3.8) is 0 Å². The van der Waals surface area contributed by atoms with Crippen molar-refractivity contribution in [2.45, 2.75) is 19.5 Å². The lowest BCUT2D eigenvalue weighted by Gasteiger charge is -2.26. The van der Waals surface area contributed by atoms with E-state index in [1.165, 1.54) is 0 Å². The molecule has 1 aliphatic rings. The summed E-state index contributed by atoms with van der Waals surface area (Å²) < 4.78 is 1.44. The number of rotatable bonds is 3. The molecular weight excluding hydrogens is 256 g/mol. The predicted octanol–water partition coefficient (Wildman–Crippen LogP) is -2.37. The Hall–Kier alpha value is -2.58. The zero-order chi connectivity index (χ0) is 14.2. The zero-order valence-corrected chi connectivity index (χ0v) is 10.0. The van der Waals surface area contributed by atoms with Crippen LogP contribution in [0.15, 0.2) is 11.0 Å². The van der Waals surface area contributed by atoms with E-state index < -0.39 is 36.0 Å². The lowest BCUT2D eigenvalue weighted by atomic mass is 10.1. The molecule has 0 bridgehead atoms. The molecule has 0 aliphatic carbocycles. The molecule has 1 aromatic rings. The molecule has 102 valence electrons. The highest BCUT2D eigenvalue weighted by Crippen LogP contribution is 2.05. The third-order valence-corrected chi connectivity index (χ3v) is 2.73. The van der Waals surface area contributed by atoms with E-state index in [1.54, 1.807) is 0 Å². The van der Waals surface area contributed by atoms with Gasteiger partial charge < -0.3 is 15.7 Å². The summed E-state index contributed by atoms with van der Waals surface area (Å²) in [5, 5.41) is 14.3. The van der Waals surface area contributed by atoms with Gasteiger partial charge in [0, 0.05) is 13.5 Å². The Labute approximate surface area is 106 Å². The third kappa shape index (κ3) is 2.34. The molecule has 3 N–H and O–H groups in total. The van der Waals surface area contributed by atoms with Crippen LogP contribution in [-0.2, 0) is 16.1 Å². The van der Waals surface area contributed by atoms with E-state index >= 15 is 0 Å². The second-order valence-corrected chi connectivity index (χ2v) is 4.11. The van der Waals surface area contributed by atoms with Gasteiger partial charge in [0.2, 0.25) is 23.6 Å². The number of carbonyl (C=O) groups is 3. The van der Waals surface area contributed by atoms with E-state index in [2.05, 4.69) is 10.6 Å². The Kier molecular flexibility index (Phi) is 3.11. The third-order valence-electron chi connectivity index (χ3n) is 2.73. The van der Waals surface area contributed by atoms with Gasteiger partial charge in [-0.3, -0.25) is 19.0 Å². The number of nitrogens with one attached hydrogen (secondary N) is 2. The number of amides is 2. The van der Waals surface area contributed by atoms with E-state index in [4.69, 9.17) is 0 Å². The molecule has 2 heterocycles. The van der Waals surface area contributed by atoms with Crippen molar-refractivity contribution in [2.75, 3.05) is 6.54 Å². The minimum absolute atomic E-state index is 0.300. The molecule has 9 nitrogen and oxygen atoms in total. The monoisotopic (exact) mass is 268 g/mol. The molecule has 1 atom stereocenters. The minimum Gasteiger partial charge on any atom is -0.493 e. The topological polar surface area (TPSA) is 122 Å². The second kappa shape index (κ2) is 4.59. The number of hydrogen-bond donors (Lipinski definition) is 3. The SMILES string of the molecule is CC(=O)n1cc(O)n(CC(=O)NC2CNC2=O)c1=O. The first-order valence-electron chi connectivity index (χ1n) is 5.49. The Bertz CT molecular complexity index is 614. The van der Waals surface area contributed by atoms with Crippen LogP contribution >= 0.6 is 0 Å². The number of aromatic hydroxyl groups is 1. The summed E-state index contributed by atoms with van der Waals surface area (Å²) in [6.45, 7) is 1.03. The second-order valence-electron chi connectivity index (χ2n) is 4.11. The molecule has 1 aromatic heterocycles. The number of β-lactam (4-membered cyclic amide) rings is 1. The molecule has 2 rings (SSSR count). The summed E-state index contributed by atoms with van der Waals surface area (Å²) in [5.41, 5.74) is -0.807. The van der Waals surface area contributed by atoms with Crippen LogP contribution in [0, 0.1) is 0 Å². The van der Waals surface area contributed by atoms with Crippen molar-refractivity contribution in [1.82, 2.24) is 19.8 Å². The average molecular weight is 268 g/mol. The Morgan fingerprint density at radius 3 is 2.63 bits per heavy atom. The van der Waals surface area contributed by atoms with Crippen molar-refractivity contribution in [1.29, 1.82) is 0 Å². The van der Waals surface area contributed by atoms with E-state index in [0.29, 0.717) is 11.1 Å². The highest BCUT2D eigenvalue weighted by atomic mass is 16.3. The van der Waals surface area contributed by atoms with Crippen LogP contribution in [0.25, 0.3) is 0 Å². The van der Waals surface area contributed by atoms with Crippen molar-refractivity contribution in [2.24, 2.45) is 0 Å². The van der Waals surface area contributed by atoms with Crippen LogP contribution < -0.4 is 16.3 Å². The Morgan fingerprint density at radius 2 is 2.21 bits per heavy atom. The fourth-order valence-corrected chi connectivity index (χ4v) is 1.63. The predicted molar refractivity (Wildman–Crippen MR) is 61.6 cm³/mol. The van der Waals surface area contributed by atoms with E-state index in [1.807, 2.05) is 0 Å². The molecule has 1 saturated heterocycles. The zero-order valence-electron chi connectivity index (χ0n) is 10.0. The highest BCUT2D eigenvalue weighted by Gasteiger charge is 2.29. The molecule has 1 unspecified atom stereocenters. The van der Waals surface area contributed by atoms with Crippen molar-refractivity contribution < 1.29 is 19.5 Å². The summed E-state index contributed by atoms with van der Waals surface area (Å²) in [5.74, 6) is -1.96. The van der Waals surface area contributed by atoms with Gasteiger partial charge in [0.1, 0.15) is 12.6 Å². The Balaban J connectivity index is 2.10. The van der Waals surface area contributed by atoms with Crippen LogP contribution in [0.1, 0.15) is 11.7 Å². The maximum atomic E-state index is 11.7. The largest absolute Gasteiger partial charge is 0.493 e. The van der Waals surface area contributed by atoms with Gasteiger partial charge in [-0.15, -0.1) is 0 Å². The summed E-state index contributed by atoms with van der Waals surface area (Å²) in [7, 11) is 0. The fraction of sp³-hybridized carbons (Fsp3) is 0.400. The molecule has 2 amide bonds. The first-order valence-corrected chi connectivity index (χ1v) is 5.49. The maximum Gasteiger partial charge on any atom is 0.338 e. The van der Waals surface area contributed by atoms with Crippen molar-refractivity contribution in [3.8, 4) is 5.88 Å². The first kappa shape index (κ1) is 12.9. The molecule has 19 heavy (non-hydrogen) atoms. The number of carbonyl (C=O) groups excluding carboxylic acids is 3. The van der Waals surface area contributed by atoms with Crippen LogP contribution in [0.5, 0.6) is 5.88 Å². The van der Waals surface area contributed by atoms with Crippen LogP contribution in [0.4, 0.5) is 0 Å². The fourth-order valence-electron chi connectivity index (χ4n) is 1.63. The molecule has 0 radical (unpaired) electrons. The molecular formula is C10H12N4O5. The van der Waals surface area contributed by atoms with E-state index in [0.717, 1.165) is 17.7 Å². The number of hydrogen-bond acceptors (Lipinski definition) is 5. The van der Waals surface area contributed by atoms with Gasteiger partial charge in [0.25, 0.3) is 0 Å². The average Bonchev–Trinajstić information content (AvgIpc) is 2.62. The van der Waals surface area contributed by atoms with Crippen LogP contribution in [0.3, 0.4) is 0 Å². The number of aromatic nitrogens is 2. The lowest BCUT2D eigenvalue weighted by molar-refractivity contribution is -0.133. The van der Waals surface area contributed by atoms with Gasteiger partial charge in [-0.2, -0.15) is 0 Å². The normalized spacial score (nSPS) is 17.5. The quantitative estimate of drug-likeness (QED) is 0.529. The number of imidazole rings is 1. The Morgan fingerprint density at radius 1 is 1.53 bits per heavy atom. The van der Waals surface area contributed by atoms with Crippen LogP contribution in [0.2, 0.25) is 0 Å². The van der Waals surface area contributed by atoms with E-state index in [-0.39, 0.29) is 5.91 Å². The molecule has 0 saturated carbocycles. The first-order chi connectivity index (χ1) is 8.90. The maximum absolute atomic E-state index is 11.7. The van der Waals surface area contributed by atoms with Gasteiger partial charge in [-0.05, 0) is 0 Å². The highest BCUT2D eigenvalue weighted by molar-refractivity contribution is 5.92. The van der Waals surface area contributed by atoms with Gasteiger partial charge in [0.05, 0.1) is 6.20 Å². The van der Waals surface area contributed by atoms with Gasteiger partial charge in [-0.1, -0.05) is 0 Å².